The first-order valence-electron chi connectivity index (χ1n) is 6.00. The van der Waals surface area contributed by atoms with Gasteiger partial charge in [0, 0.05) is 5.39 Å². The van der Waals surface area contributed by atoms with E-state index >= 15 is 0 Å². The fourth-order valence-electron chi connectivity index (χ4n) is 2.27. The second-order valence-corrected chi connectivity index (χ2v) is 4.27. The van der Waals surface area contributed by atoms with Crippen LogP contribution in [0.3, 0.4) is 0 Å². The van der Waals surface area contributed by atoms with E-state index in [2.05, 4.69) is 9.97 Å². The van der Waals surface area contributed by atoms with Gasteiger partial charge in [0.25, 0.3) is 0 Å². The number of nitrogens with zero attached hydrogens (tertiary/aromatic N) is 3. The van der Waals surface area contributed by atoms with Crippen LogP contribution < -0.4 is 0 Å². The number of carbonyl (C=O) groups excluding carboxylic acids is 1. The first-order valence-corrected chi connectivity index (χ1v) is 6.00. The van der Waals surface area contributed by atoms with Gasteiger partial charge in [0.1, 0.15) is 11.8 Å². The molecule has 0 N–H and O–H groups in total. The van der Waals surface area contributed by atoms with Crippen LogP contribution in [0.15, 0.2) is 36.8 Å². The average molecular weight is 239 g/mol. The van der Waals surface area contributed by atoms with Crippen LogP contribution in [0.5, 0.6) is 0 Å². The smallest absolute Gasteiger partial charge is 0.142 e. The number of aldehydes is 1. The number of aromatic nitrogens is 3. The monoisotopic (exact) mass is 239 g/mol. The quantitative estimate of drug-likeness (QED) is 0.660. The molecule has 0 aliphatic heterocycles. The lowest BCUT2D eigenvalue weighted by Crippen LogP contribution is -2.08. The summed E-state index contributed by atoms with van der Waals surface area (Å²) < 4.78 is 1.94. The molecule has 4 heteroatoms. The van der Waals surface area contributed by atoms with E-state index in [4.69, 9.17) is 0 Å². The van der Waals surface area contributed by atoms with Gasteiger partial charge in [-0.25, -0.2) is 4.98 Å². The van der Waals surface area contributed by atoms with E-state index in [0.717, 1.165) is 34.6 Å². The van der Waals surface area contributed by atoms with Crippen LogP contribution in [-0.4, -0.2) is 20.8 Å². The van der Waals surface area contributed by atoms with Crippen molar-refractivity contribution in [3.8, 4) is 0 Å². The normalized spacial score (nSPS) is 12.9. The number of fused-ring (bicyclic) bond motifs is 3. The van der Waals surface area contributed by atoms with E-state index in [-0.39, 0.29) is 6.04 Å². The van der Waals surface area contributed by atoms with Gasteiger partial charge < -0.3 is 9.36 Å². The number of carbonyl (C=O) groups is 1. The summed E-state index contributed by atoms with van der Waals surface area (Å²) in [6.45, 7) is 1.99. The summed E-state index contributed by atoms with van der Waals surface area (Å²) in [4.78, 5) is 19.8. The highest BCUT2D eigenvalue weighted by Gasteiger charge is 2.13. The number of pyridine rings is 1. The van der Waals surface area contributed by atoms with Gasteiger partial charge in [-0.1, -0.05) is 25.1 Å². The zero-order valence-corrected chi connectivity index (χ0v) is 10.1. The summed E-state index contributed by atoms with van der Waals surface area (Å²) in [6, 6.07) is 7.75. The number of para-hydroxylation sites is 1. The molecule has 2 heterocycles. The Balaban J connectivity index is 2.40. The molecule has 0 bridgehead atoms. The van der Waals surface area contributed by atoms with Crippen molar-refractivity contribution in [3.05, 3.63) is 36.8 Å². The summed E-state index contributed by atoms with van der Waals surface area (Å²) >= 11 is 0. The molecule has 1 aromatic carbocycles. The van der Waals surface area contributed by atoms with Crippen LogP contribution in [0, 0.1) is 0 Å². The fourth-order valence-corrected chi connectivity index (χ4v) is 2.27. The van der Waals surface area contributed by atoms with Gasteiger partial charge in [-0.15, -0.1) is 0 Å². The second-order valence-electron chi connectivity index (χ2n) is 4.27. The molecule has 2 aromatic heterocycles. The Morgan fingerprint density at radius 1 is 1.28 bits per heavy atom. The van der Waals surface area contributed by atoms with Crippen molar-refractivity contribution in [2.24, 2.45) is 0 Å². The Bertz CT molecular complexity index is 717. The van der Waals surface area contributed by atoms with E-state index in [1.807, 2.05) is 35.8 Å². The molecule has 18 heavy (non-hydrogen) atoms. The van der Waals surface area contributed by atoms with Crippen LogP contribution in [0.25, 0.3) is 21.9 Å². The van der Waals surface area contributed by atoms with Crippen LogP contribution in [0.4, 0.5) is 0 Å². The van der Waals surface area contributed by atoms with Crippen LogP contribution >= 0.6 is 0 Å². The summed E-state index contributed by atoms with van der Waals surface area (Å²) in [6.07, 6.45) is 5.20. The van der Waals surface area contributed by atoms with Gasteiger partial charge in [-0.05, 0) is 12.5 Å². The van der Waals surface area contributed by atoms with E-state index in [1.165, 1.54) is 0 Å². The maximum Gasteiger partial charge on any atom is 0.142 e. The van der Waals surface area contributed by atoms with E-state index in [9.17, 15) is 4.79 Å². The molecule has 0 aliphatic rings. The van der Waals surface area contributed by atoms with E-state index < -0.39 is 0 Å². The lowest BCUT2D eigenvalue weighted by atomic mass is 10.1. The number of hydrogen-bond donors (Lipinski definition) is 0. The molecular formula is C14H13N3O. The minimum atomic E-state index is -0.166. The Labute approximate surface area is 104 Å². The van der Waals surface area contributed by atoms with Crippen LogP contribution in [0.2, 0.25) is 0 Å². The van der Waals surface area contributed by atoms with Crippen molar-refractivity contribution in [3.63, 3.8) is 0 Å². The Kier molecular flexibility index (Phi) is 2.55. The number of imidazole rings is 1. The predicted octanol–water partition coefficient (Wildman–Crippen LogP) is 2.73. The Morgan fingerprint density at radius 3 is 2.89 bits per heavy atom. The standard InChI is InChI=1S/C14H13N3O/c1-2-10(8-18)17-9-16-13-7-15-12-6-4-3-5-11(12)14(13)17/h3-10H,2H2,1H3. The van der Waals surface area contributed by atoms with Crippen molar-refractivity contribution < 1.29 is 4.79 Å². The molecule has 3 rings (SSSR count). The highest BCUT2D eigenvalue weighted by Crippen LogP contribution is 2.25. The average Bonchev–Trinajstić information content (AvgIpc) is 2.85. The second kappa shape index (κ2) is 4.22. The first-order chi connectivity index (χ1) is 8.85. The highest BCUT2D eigenvalue weighted by atomic mass is 16.1. The summed E-state index contributed by atoms with van der Waals surface area (Å²) in [5, 5.41) is 1.04. The van der Waals surface area contributed by atoms with Crippen LogP contribution in [0.1, 0.15) is 19.4 Å². The first kappa shape index (κ1) is 10.9. The van der Waals surface area contributed by atoms with Gasteiger partial charge in [0.05, 0.1) is 29.6 Å². The third-order valence-electron chi connectivity index (χ3n) is 3.24. The van der Waals surface area contributed by atoms with Crippen LogP contribution in [-0.2, 0) is 4.79 Å². The molecule has 0 saturated carbocycles. The van der Waals surface area contributed by atoms with Gasteiger partial charge in [-0.3, -0.25) is 4.98 Å². The zero-order chi connectivity index (χ0) is 12.5. The number of benzene rings is 1. The molecule has 4 nitrogen and oxygen atoms in total. The molecule has 90 valence electrons. The van der Waals surface area contributed by atoms with Gasteiger partial charge >= 0.3 is 0 Å². The van der Waals surface area contributed by atoms with Crippen molar-refractivity contribution >= 4 is 28.2 Å². The van der Waals surface area contributed by atoms with Crippen molar-refractivity contribution in [1.82, 2.24) is 14.5 Å². The molecule has 0 radical (unpaired) electrons. The van der Waals surface area contributed by atoms with Gasteiger partial charge in [0.15, 0.2) is 0 Å². The summed E-state index contributed by atoms with van der Waals surface area (Å²) in [5.41, 5.74) is 2.74. The largest absolute Gasteiger partial charge is 0.320 e. The molecule has 1 atom stereocenters. The molecular weight excluding hydrogens is 226 g/mol. The van der Waals surface area contributed by atoms with Crippen molar-refractivity contribution in [2.75, 3.05) is 0 Å². The van der Waals surface area contributed by atoms with Crippen molar-refractivity contribution in [1.29, 1.82) is 0 Å². The van der Waals surface area contributed by atoms with E-state index in [1.54, 1.807) is 12.5 Å². The SMILES string of the molecule is CCC(C=O)n1cnc2cnc3ccccc3c21. The molecule has 0 aliphatic carbocycles. The number of rotatable bonds is 3. The highest BCUT2D eigenvalue weighted by molar-refractivity contribution is 6.02. The maximum absolute atomic E-state index is 11.2. The molecule has 1 unspecified atom stereocenters. The Hall–Kier alpha value is -2.23. The Morgan fingerprint density at radius 2 is 2.11 bits per heavy atom. The molecule has 0 amide bonds. The third kappa shape index (κ3) is 1.49. The van der Waals surface area contributed by atoms with Gasteiger partial charge in [-0.2, -0.15) is 0 Å². The lowest BCUT2D eigenvalue weighted by Gasteiger charge is -2.11. The zero-order valence-electron chi connectivity index (χ0n) is 10.1. The number of hydrogen-bond acceptors (Lipinski definition) is 3. The van der Waals surface area contributed by atoms with Crippen molar-refractivity contribution in [2.45, 2.75) is 19.4 Å². The minimum absolute atomic E-state index is 0.166. The lowest BCUT2D eigenvalue weighted by molar-refractivity contribution is -0.110. The molecule has 0 saturated heterocycles. The molecule has 0 spiro atoms. The summed E-state index contributed by atoms with van der Waals surface area (Å²) in [5.74, 6) is 0. The molecule has 3 aromatic rings. The predicted molar refractivity (Wildman–Crippen MR) is 70.4 cm³/mol. The maximum atomic E-state index is 11.2. The molecule has 0 fully saturated rings. The fraction of sp³-hybridized carbons (Fsp3) is 0.214. The third-order valence-corrected chi connectivity index (χ3v) is 3.24. The van der Waals surface area contributed by atoms with E-state index in [0.29, 0.717) is 0 Å². The topological polar surface area (TPSA) is 47.8 Å². The summed E-state index contributed by atoms with van der Waals surface area (Å²) in [7, 11) is 0. The minimum Gasteiger partial charge on any atom is -0.320 e. The van der Waals surface area contributed by atoms with Gasteiger partial charge in [0.2, 0.25) is 0 Å².